The van der Waals surface area contributed by atoms with E-state index in [0.717, 1.165) is 12.4 Å². The highest BCUT2D eigenvalue weighted by Crippen LogP contribution is 2.49. The van der Waals surface area contributed by atoms with E-state index in [1.165, 1.54) is 30.4 Å². The summed E-state index contributed by atoms with van der Waals surface area (Å²) in [5.74, 6) is 1.79. The molecule has 3 rings (SSSR count). The predicted octanol–water partition coefficient (Wildman–Crippen LogP) is 4.44. The van der Waals surface area contributed by atoms with Gasteiger partial charge in [-0.05, 0) is 48.9 Å². The molecule has 21 heavy (non-hydrogen) atoms. The molecule has 1 aromatic carbocycles. The minimum atomic E-state index is 0.134. The van der Waals surface area contributed by atoms with E-state index in [-0.39, 0.29) is 5.41 Å². The quantitative estimate of drug-likeness (QED) is 0.887. The maximum atomic E-state index is 5.83. The summed E-state index contributed by atoms with van der Waals surface area (Å²) in [5, 5.41) is 3.59. The lowest BCUT2D eigenvalue weighted by Crippen LogP contribution is -2.32. The minimum absolute atomic E-state index is 0.134. The topological polar surface area (TPSA) is 21.3 Å². The van der Waals surface area contributed by atoms with Crippen molar-refractivity contribution in [3.8, 4) is 5.75 Å². The molecule has 1 fully saturated rings. The summed E-state index contributed by atoms with van der Waals surface area (Å²) in [4.78, 5) is 0. The van der Waals surface area contributed by atoms with Crippen molar-refractivity contribution in [2.24, 2.45) is 11.3 Å². The highest BCUT2D eigenvalue weighted by molar-refractivity contribution is 5.46. The zero-order valence-electron chi connectivity index (χ0n) is 14.1. The third kappa shape index (κ3) is 2.48. The van der Waals surface area contributed by atoms with Crippen molar-refractivity contribution < 1.29 is 4.74 Å². The Labute approximate surface area is 129 Å². The van der Waals surface area contributed by atoms with Crippen molar-refractivity contribution in [3.05, 3.63) is 29.3 Å². The van der Waals surface area contributed by atoms with Crippen LogP contribution in [-0.4, -0.2) is 13.7 Å². The maximum Gasteiger partial charge on any atom is 0.123 e. The summed E-state index contributed by atoms with van der Waals surface area (Å²) in [5.41, 5.74) is 3.36. The molecule has 2 heteroatoms. The summed E-state index contributed by atoms with van der Waals surface area (Å²) in [6.45, 7) is 10.2. The number of hydrogen-bond acceptors (Lipinski definition) is 2. The lowest BCUT2D eigenvalue weighted by molar-refractivity contribution is 0.203. The van der Waals surface area contributed by atoms with Gasteiger partial charge in [0.15, 0.2) is 0 Å². The number of hydrogen-bond donors (Lipinski definition) is 1. The van der Waals surface area contributed by atoms with Crippen LogP contribution in [0.1, 0.15) is 64.1 Å². The van der Waals surface area contributed by atoms with Crippen molar-refractivity contribution in [2.75, 3.05) is 13.7 Å². The van der Waals surface area contributed by atoms with Gasteiger partial charge in [0.2, 0.25) is 0 Å². The van der Waals surface area contributed by atoms with Crippen LogP contribution in [0, 0.1) is 11.3 Å². The summed E-state index contributed by atoms with van der Waals surface area (Å²) in [6.07, 6.45) is 4.03. The molecule has 1 N–H and O–H groups in total. The molecule has 1 aliphatic carbocycles. The Balaban J connectivity index is 1.96. The summed E-state index contributed by atoms with van der Waals surface area (Å²) >= 11 is 0. The van der Waals surface area contributed by atoms with Gasteiger partial charge in [0.25, 0.3) is 0 Å². The SMILES string of the molecule is CNC(c1ccc2c(c1)C(C)(C)CO2)C1CCCC1(C)C. The molecule has 1 aliphatic heterocycles. The third-order valence-electron chi connectivity index (χ3n) is 5.73. The van der Waals surface area contributed by atoms with Crippen molar-refractivity contribution in [2.45, 2.75) is 58.4 Å². The molecule has 1 heterocycles. The highest BCUT2D eigenvalue weighted by Gasteiger charge is 2.40. The molecule has 0 bridgehead atoms. The Morgan fingerprint density at radius 3 is 2.62 bits per heavy atom. The second-order valence-corrected chi connectivity index (χ2v) is 8.18. The van der Waals surface area contributed by atoms with Gasteiger partial charge in [0.05, 0.1) is 6.61 Å². The molecular formula is C19H29NO. The molecule has 0 saturated heterocycles. The van der Waals surface area contributed by atoms with Crippen molar-refractivity contribution in [1.29, 1.82) is 0 Å². The first-order chi connectivity index (χ1) is 9.85. The van der Waals surface area contributed by atoms with E-state index in [1.807, 2.05) is 0 Å². The number of rotatable bonds is 3. The van der Waals surface area contributed by atoms with Crippen LogP contribution in [0.15, 0.2) is 18.2 Å². The van der Waals surface area contributed by atoms with Gasteiger partial charge in [0.1, 0.15) is 5.75 Å². The first kappa shape index (κ1) is 14.9. The Morgan fingerprint density at radius 1 is 1.24 bits per heavy atom. The number of benzene rings is 1. The Morgan fingerprint density at radius 2 is 2.00 bits per heavy atom. The van der Waals surface area contributed by atoms with E-state index in [4.69, 9.17) is 4.74 Å². The van der Waals surface area contributed by atoms with Gasteiger partial charge >= 0.3 is 0 Å². The molecule has 2 unspecified atom stereocenters. The van der Waals surface area contributed by atoms with Crippen LogP contribution in [-0.2, 0) is 5.41 Å². The van der Waals surface area contributed by atoms with Crippen LogP contribution < -0.4 is 10.1 Å². The predicted molar refractivity (Wildman–Crippen MR) is 87.9 cm³/mol. The monoisotopic (exact) mass is 287 g/mol. The fraction of sp³-hybridized carbons (Fsp3) is 0.684. The molecule has 2 atom stereocenters. The third-order valence-corrected chi connectivity index (χ3v) is 5.73. The van der Waals surface area contributed by atoms with Gasteiger partial charge in [0, 0.05) is 17.0 Å². The van der Waals surface area contributed by atoms with Crippen LogP contribution in [0.3, 0.4) is 0 Å². The Kier molecular flexibility index (Phi) is 3.56. The second kappa shape index (κ2) is 5.01. The zero-order valence-corrected chi connectivity index (χ0v) is 14.1. The van der Waals surface area contributed by atoms with E-state index in [1.54, 1.807) is 0 Å². The van der Waals surface area contributed by atoms with E-state index in [2.05, 4.69) is 58.3 Å². The van der Waals surface area contributed by atoms with Gasteiger partial charge < -0.3 is 10.1 Å². The normalized spacial score (nSPS) is 27.2. The maximum absolute atomic E-state index is 5.83. The summed E-state index contributed by atoms with van der Waals surface area (Å²) in [6, 6.07) is 7.27. The smallest absolute Gasteiger partial charge is 0.123 e. The highest BCUT2D eigenvalue weighted by atomic mass is 16.5. The van der Waals surface area contributed by atoms with Crippen molar-refractivity contribution in [3.63, 3.8) is 0 Å². The molecule has 2 nitrogen and oxygen atoms in total. The average molecular weight is 287 g/mol. The van der Waals surface area contributed by atoms with Crippen LogP contribution in [0.5, 0.6) is 5.75 Å². The minimum Gasteiger partial charge on any atom is -0.492 e. The van der Waals surface area contributed by atoms with Gasteiger partial charge in [-0.3, -0.25) is 0 Å². The lowest BCUT2D eigenvalue weighted by atomic mass is 9.74. The van der Waals surface area contributed by atoms with Crippen molar-refractivity contribution >= 4 is 0 Å². The largest absolute Gasteiger partial charge is 0.492 e. The lowest BCUT2D eigenvalue weighted by Gasteiger charge is -2.34. The molecule has 1 saturated carbocycles. The van der Waals surface area contributed by atoms with Gasteiger partial charge in [-0.25, -0.2) is 0 Å². The summed E-state index contributed by atoms with van der Waals surface area (Å²) < 4.78 is 5.83. The number of nitrogens with one attached hydrogen (secondary N) is 1. The van der Waals surface area contributed by atoms with E-state index in [9.17, 15) is 0 Å². The summed E-state index contributed by atoms with van der Waals surface area (Å²) in [7, 11) is 2.11. The van der Waals surface area contributed by atoms with E-state index < -0.39 is 0 Å². The van der Waals surface area contributed by atoms with E-state index in [0.29, 0.717) is 17.4 Å². The number of ether oxygens (including phenoxy) is 1. The van der Waals surface area contributed by atoms with Gasteiger partial charge in [-0.15, -0.1) is 0 Å². The first-order valence-electron chi connectivity index (χ1n) is 8.30. The van der Waals surface area contributed by atoms with Gasteiger partial charge in [-0.1, -0.05) is 40.2 Å². The fourth-order valence-corrected chi connectivity index (χ4v) is 4.30. The molecule has 0 amide bonds. The number of fused-ring (bicyclic) bond motifs is 1. The zero-order chi connectivity index (χ0) is 15.3. The molecule has 0 aromatic heterocycles. The Hall–Kier alpha value is -1.02. The van der Waals surface area contributed by atoms with Crippen molar-refractivity contribution in [1.82, 2.24) is 5.32 Å². The molecular weight excluding hydrogens is 258 g/mol. The first-order valence-corrected chi connectivity index (χ1v) is 8.30. The molecule has 0 radical (unpaired) electrons. The molecule has 0 spiro atoms. The van der Waals surface area contributed by atoms with E-state index >= 15 is 0 Å². The molecule has 116 valence electrons. The second-order valence-electron chi connectivity index (χ2n) is 8.18. The fourth-order valence-electron chi connectivity index (χ4n) is 4.30. The molecule has 2 aliphatic rings. The average Bonchev–Trinajstić information content (AvgIpc) is 2.92. The molecule has 1 aromatic rings. The Bertz CT molecular complexity index is 532. The van der Waals surface area contributed by atoms with Crippen LogP contribution >= 0.6 is 0 Å². The van der Waals surface area contributed by atoms with Gasteiger partial charge in [-0.2, -0.15) is 0 Å². The standard InChI is InChI=1S/C19H29NO/c1-18(2)10-6-7-14(18)17(20-5)13-8-9-16-15(11-13)19(3,4)12-21-16/h8-9,11,14,17,20H,6-7,10,12H2,1-5H3. The van der Waals surface area contributed by atoms with Crippen LogP contribution in [0.2, 0.25) is 0 Å². The van der Waals surface area contributed by atoms with Crippen LogP contribution in [0.25, 0.3) is 0 Å². The van der Waals surface area contributed by atoms with Crippen LogP contribution in [0.4, 0.5) is 0 Å².